The molecular weight excluding hydrogens is 481 g/mol. The lowest BCUT2D eigenvalue weighted by atomic mass is 10.1. The fourth-order valence-electron chi connectivity index (χ4n) is 2.60. The summed E-state index contributed by atoms with van der Waals surface area (Å²) in [7, 11) is 1.72. The second-order valence-corrected chi connectivity index (χ2v) is 7.50. The predicted molar refractivity (Wildman–Crippen MR) is 128 cm³/mol. The summed E-state index contributed by atoms with van der Waals surface area (Å²) in [5.41, 5.74) is 2.79. The van der Waals surface area contributed by atoms with E-state index in [9.17, 15) is 4.79 Å². The summed E-state index contributed by atoms with van der Waals surface area (Å²) < 4.78 is 5.33. The van der Waals surface area contributed by atoms with E-state index in [1.807, 2.05) is 44.2 Å². The van der Waals surface area contributed by atoms with Gasteiger partial charge in [-0.3, -0.25) is 9.79 Å². The van der Waals surface area contributed by atoms with Crippen molar-refractivity contribution in [2.24, 2.45) is 10.9 Å². The molecular formula is C21H32IN5O2. The van der Waals surface area contributed by atoms with Crippen molar-refractivity contribution in [2.75, 3.05) is 12.4 Å². The Morgan fingerprint density at radius 1 is 1.14 bits per heavy atom. The van der Waals surface area contributed by atoms with Crippen LogP contribution in [0.2, 0.25) is 0 Å². The molecule has 1 aromatic heterocycles. The Balaban J connectivity index is 0.00000420. The average Bonchev–Trinajstić information content (AvgIpc) is 3.11. The fourth-order valence-corrected chi connectivity index (χ4v) is 2.60. The maximum absolute atomic E-state index is 11.9. The summed E-state index contributed by atoms with van der Waals surface area (Å²) in [6, 6.07) is 9.74. The number of aliphatic imine (C=N–C) groups is 1. The van der Waals surface area contributed by atoms with Gasteiger partial charge in [0.25, 0.3) is 0 Å². The highest BCUT2D eigenvalue weighted by atomic mass is 127. The Morgan fingerprint density at radius 3 is 2.48 bits per heavy atom. The topological polar surface area (TPSA) is 91.5 Å². The summed E-state index contributed by atoms with van der Waals surface area (Å²) in [5.74, 6) is 2.13. The van der Waals surface area contributed by atoms with Crippen LogP contribution in [0.4, 0.5) is 5.69 Å². The Hall–Kier alpha value is -2.10. The third-order valence-electron chi connectivity index (χ3n) is 4.09. The number of guanidine groups is 1. The minimum atomic E-state index is 0. The summed E-state index contributed by atoms with van der Waals surface area (Å²) >= 11 is 0. The van der Waals surface area contributed by atoms with Gasteiger partial charge in [-0.05, 0) is 29.5 Å². The zero-order valence-electron chi connectivity index (χ0n) is 17.8. The minimum Gasteiger partial charge on any atom is -0.359 e. The highest BCUT2D eigenvalue weighted by Crippen LogP contribution is 2.14. The monoisotopic (exact) mass is 513 g/mol. The number of hydrogen-bond donors (Lipinski definition) is 3. The molecule has 1 amide bonds. The second-order valence-electron chi connectivity index (χ2n) is 7.50. The van der Waals surface area contributed by atoms with Crippen LogP contribution in [0.15, 0.2) is 39.8 Å². The van der Waals surface area contributed by atoms with Gasteiger partial charge in [-0.15, -0.1) is 24.0 Å². The molecule has 0 spiro atoms. The van der Waals surface area contributed by atoms with Gasteiger partial charge in [0.15, 0.2) is 11.7 Å². The van der Waals surface area contributed by atoms with Gasteiger partial charge in [0.2, 0.25) is 5.91 Å². The van der Waals surface area contributed by atoms with Gasteiger partial charge >= 0.3 is 0 Å². The first-order valence-electron chi connectivity index (χ1n) is 9.66. The van der Waals surface area contributed by atoms with Gasteiger partial charge in [-0.1, -0.05) is 45.0 Å². The quantitative estimate of drug-likeness (QED) is 0.279. The van der Waals surface area contributed by atoms with Crippen LogP contribution in [0, 0.1) is 5.92 Å². The molecule has 0 aliphatic carbocycles. The van der Waals surface area contributed by atoms with E-state index in [-0.39, 0.29) is 29.9 Å². The molecule has 2 rings (SSSR count). The number of amides is 1. The van der Waals surface area contributed by atoms with Crippen LogP contribution >= 0.6 is 24.0 Å². The van der Waals surface area contributed by atoms with Crippen molar-refractivity contribution in [3.8, 4) is 0 Å². The number of benzene rings is 1. The lowest BCUT2D eigenvalue weighted by Crippen LogP contribution is -2.36. The van der Waals surface area contributed by atoms with Crippen LogP contribution in [0.1, 0.15) is 57.1 Å². The third-order valence-corrected chi connectivity index (χ3v) is 4.09. The van der Waals surface area contributed by atoms with Crippen LogP contribution in [-0.4, -0.2) is 24.1 Å². The number of aromatic nitrogens is 1. The van der Waals surface area contributed by atoms with Crippen molar-refractivity contribution in [1.29, 1.82) is 0 Å². The first-order valence-corrected chi connectivity index (χ1v) is 9.66. The van der Waals surface area contributed by atoms with Gasteiger partial charge in [-0.2, -0.15) is 0 Å². The Labute approximate surface area is 190 Å². The maximum Gasteiger partial charge on any atom is 0.224 e. The molecule has 0 aliphatic rings. The molecule has 1 heterocycles. The Kier molecular flexibility index (Phi) is 10.7. The molecule has 8 heteroatoms. The standard InChI is InChI=1S/C21H31N5O2.HI/c1-14(2)9-20(27)25-17-8-6-7-16(10-17)12-23-21(22-5)24-13-18-11-19(15(3)4)26-28-18;/h6-8,10-11,14-15H,9,12-13H2,1-5H3,(H,25,27)(H2,22,23,24);1H. The van der Waals surface area contributed by atoms with Gasteiger partial charge in [0.05, 0.1) is 12.2 Å². The van der Waals surface area contributed by atoms with E-state index in [2.05, 4.69) is 39.9 Å². The molecule has 0 aliphatic heterocycles. The van der Waals surface area contributed by atoms with Gasteiger partial charge < -0.3 is 20.5 Å². The molecule has 0 unspecified atom stereocenters. The van der Waals surface area contributed by atoms with E-state index in [1.165, 1.54) is 0 Å². The molecule has 3 N–H and O–H groups in total. The number of halogens is 1. The number of carbonyl (C=O) groups is 1. The van der Waals surface area contributed by atoms with Crippen molar-refractivity contribution in [2.45, 2.75) is 53.1 Å². The second kappa shape index (κ2) is 12.5. The Bertz CT molecular complexity index is 802. The average molecular weight is 513 g/mol. The number of rotatable bonds is 8. The van der Waals surface area contributed by atoms with E-state index in [0.717, 1.165) is 22.7 Å². The number of anilines is 1. The lowest BCUT2D eigenvalue weighted by Gasteiger charge is -2.12. The molecule has 0 fully saturated rings. The van der Waals surface area contributed by atoms with Crippen LogP contribution in [0.25, 0.3) is 0 Å². The van der Waals surface area contributed by atoms with Gasteiger partial charge in [0.1, 0.15) is 0 Å². The molecule has 0 atom stereocenters. The third kappa shape index (κ3) is 8.84. The van der Waals surface area contributed by atoms with E-state index < -0.39 is 0 Å². The van der Waals surface area contributed by atoms with Gasteiger partial charge in [-0.25, -0.2) is 0 Å². The van der Waals surface area contributed by atoms with E-state index >= 15 is 0 Å². The lowest BCUT2D eigenvalue weighted by molar-refractivity contribution is -0.116. The zero-order chi connectivity index (χ0) is 20.5. The summed E-state index contributed by atoms with van der Waals surface area (Å²) in [4.78, 5) is 16.2. The first kappa shape index (κ1) is 24.9. The normalized spacial score (nSPS) is 11.3. The number of carbonyl (C=O) groups excluding carboxylic acids is 1. The number of hydrogen-bond acceptors (Lipinski definition) is 4. The Morgan fingerprint density at radius 2 is 1.86 bits per heavy atom. The van der Waals surface area contributed by atoms with E-state index in [0.29, 0.717) is 37.3 Å². The molecule has 0 radical (unpaired) electrons. The summed E-state index contributed by atoms with van der Waals surface area (Å²) in [6.07, 6.45) is 0.513. The van der Waals surface area contributed by atoms with Crippen LogP contribution in [0.5, 0.6) is 0 Å². The fraction of sp³-hybridized carbons (Fsp3) is 0.476. The van der Waals surface area contributed by atoms with Crippen molar-refractivity contribution in [1.82, 2.24) is 15.8 Å². The van der Waals surface area contributed by atoms with Crippen molar-refractivity contribution in [3.05, 3.63) is 47.3 Å². The molecule has 7 nitrogen and oxygen atoms in total. The minimum absolute atomic E-state index is 0. The highest BCUT2D eigenvalue weighted by molar-refractivity contribution is 14.0. The predicted octanol–water partition coefficient (Wildman–Crippen LogP) is 4.27. The molecule has 160 valence electrons. The molecule has 0 saturated heterocycles. The molecule has 0 saturated carbocycles. The molecule has 2 aromatic rings. The smallest absolute Gasteiger partial charge is 0.224 e. The summed E-state index contributed by atoms with van der Waals surface area (Å²) in [5, 5.41) is 13.5. The van der Waals surface area contributed by atoms with E-state index in [4.69, 9.17) is 4.52 Å². The van der Waals surface area contributed by atoms with Crippen molar-refractivity contribution < 1.29 is 9.32 Å². The van der Waals surface area contributed by atoms with Crippen LogP contribution in [0.3, 0.4) is 0 Å². The van der Waals surface area contributed by atoms with Crippen molar-refractivity contribution >= 4 is 41.5 Å². The molecule has 29 heavy (non-hydrogen) atoms. The number of nitrogens with one attached hydrogen (secondary N) is 3. The maximum atomic E-state index is 11.9. The molecule has 1 aromatic carbocycles. The summed E-state index contributed by atoms with van der Waals surface area (Å²) in [6.45, 7) is 9.30. The van der Waals surface area contributed by atoms with Gasteiger partial charge in [0, 0.05) is 31.8 Å². The van der Waals surface area contributed by atoms with Crippen LogP contribution in [-0.2, 0) is 17.9 Å². The first-order chi connectivity index (χ1) is 13.4. The van der Waals surface area contributed by atoms with E-state index in [1.54, 1.807) is 7.05 Å². The van der Waals surface area contributed by atoms with Crippen molar-refractivity contribution in [3.63, 3.8) is 0 Å². The highest BCUT2D eigenvalue weighted by Gasteiger charge is 2.09. The number of nitrogens with zero attached hydrogens (tertiary/aromatic N) is 2. The SMILES string of the molecule is CN=C(NCc1cccc(NC(=O)CC(C)C)c1)NCc1cc(C(C)C)no1.I. The van der Waals surface area contributed by atoms with Crippen LogP contribution < -0.4 is 16.0 Å². The zero-order valence-corrected chi connectivity index (χ0v) is 20.1. The largest absolute Gasteiger partial charge is 0.359 e. The molecule has 0 bridgehead atoms.